The van der Waals surface area contributed by atoms with Gasteiger partial charge < -0.3 is 10.1 Å². The van der Waals surface area contributed by atoms with Crippen molar-refractivity contribution in [1.29, 1.82) is 0 Å². The van der Waals surface area contributed by atoms with Gasteiger partial charge in [0.1, 0.15) is 10.7 Å². The van der Waals surface area contributed by atoms with Crippen LogP contribution >= 0.6 is 34.7 Å². The molecule has 4 aromatic rings. The van der Waals surface area contributed by atoms with Crippen molar-refractivity contribution < 1.29 is 9.53 Å². The summed E-state index contributed by atoms with van der Waals surface area (Å²) in [5, 5.41) is 15.6. The second kappa shape index (κ2) is 11.4. The molecule has 0 radical (unpaired) electrons. The lowest BCUT2D eigenvalue weighted by Crippen LogP contribution is -2.25. The molecule has 1 N–H and O–H groups in total. The molecule has 170 valence electrons. The van der Waals surface area contributed by atoms with E-state index in [-0.39, 0.29) is 5.91 Å². The van der Waals surface area contributed by atoms with Gasteiger partial charge in [0, 0.05) is 48.6 Å². The van der Waals surface area contributed by atoms with Gasteiger partial charge in [0.25, 0.3) is 5.91 Å². The smallest absolute Gasteiger partial charge is 0.270 e. The SMILES string of the molecule is COCCCNC(=O)c1csc(CSc2nnc(-c3ccncc3)n2-c2cccc(Cl)c2)n1. The van der Waals surface area contributed by atoms with Gasteiger partial charge in [-0.2, -0.15) is 0 Å². The van der Waals surface area contributed by atoms with Crippen LogP contribution in [0.5, 0.6) is 0 Å². The van der Waals surface area contributed by atoms with Gasteiger partial charge in [-0.1, -0.05) is 29.4 Å². The number of nitrogens with one attached hydrogen (secondary N) is 1. The van der Waals surface area contributed by atoms with Crippen LogP contribution in [0.3, 0.4) is 0 Å². The van der Waals surface area contributed by atoms with E-state index < -0.39 is 0 Å². The highest BCUT2D eigenvalue weighted by atomic mass is 35.5. The minimum atomic E-state index is -0.180. The van der Waals surface area contributed by atoms with Crippen molar-refractivity contribution in [2.45, 2.75) is 17.3 Å². The number of hydrogen-bond acceptors (Lipinski definition) is 8. The lowest BCUT2D eigenvalue weighted by Gasteiger charge is -2.10. The minimum Gasteiger partial charge on any atom is -0.385 e. The molecule has 0 aliphatic carbocycles. The van der Waals surface area contributed by atoms with Crippen molar-refractivity contribution in [2.75, 3.05) is 20.3 Å². The number of rotatable bonds is 10. The number of aromatic nitrogens is 5. The van der Waals surface area contributed by atoms with Crippen LogP contribution in [0, 0.1) is 0 Å². The summed E-state index contributed by atoms with van der Waals surface area (Å²) in [4.78, 5) is 20.8. The number of thiazole rings is 1. The van der Waals surface area contributed by atoms with E-state index in [1.807, 2.05) is 41.0 Å². The third-order valence-electron chi connectivity index (χ3n) is 4.56. The van der Waals surface area contributed by atoms with Gasteiger partial charge in [0.2, 0.25) is 0 Å². The van der Waals surface area contributed by atoms with Crippen molar-refractivity contribution in [3.63, 3.8) is 0 Å². The molecule has 0 spiro atoms. The van der Waals surface area contributed by atoms with E-state index in [2.05, 4.69) is 25.5 Å². The van der Waals surface area contributed by atoms with Crippen LogP contribution in [0.4, 0.5) is 0 Å². The molecule has 0 fully saturated rings. The lowest BCUT2D eigenvalue weighted by molar-refractivity contribution is 0.0944. The number of benzene rings is 1. The third-order valence-corrected chi connectivity index (χ3v) is 6.77. The summed E-state index contributed by atoms with van der Waals surface area (Å²) in [5.41, 5.74) is 2.17. The maximum Gasteiger partial charge on any atom is 0.270 e. The number of pyridine rings is 1. The number of halogens is 1. The number of hydrogen-bond donors (Lipinski definition) is 1. The van der Waals surface area contributed by atoms with Gasteiger partial charge in [-0.05, 0) is 36.8 Å². The van der Waals surface area contributed by atoms with Gasteiger partial charge in [-0.25, -0.2) is 4.98 Å². The van der Waals surface area contributed by atoms with Crippen LogP contribution in [0.25, 0.3) is 17.1 Å². The normalized spacial score (nSPS) is 11.0. The Balaban J connectivity index is 1.52. The second-order valence-corrected chi connectivity index (χ2v) is 9.20. The van der Waals surface area contributed by atoms with Crippen LogP contribution in [0.15, 0.2) is 59.3 Å². The zero-order chi connectivity index (χ0) is 23.0. The molecular formula is C22H21ClN6O2S2. The van der Waals surface area contributed by atoms with Crippen molar-refractivity contribution in [3.05, 3.63) is 69.9 Å². The Bertz CT molecular complexity index is 1210. The number of nitrogens with zero attached hydrogens (tertiary/aromatic N) is 5. The Kier molecular flexibility index (Phi) is 8.05. The molecule has 3 aromatic heterocycles. The zero-order valence-corrected chi connectivity index (χ0v) is 20.2. The van der Waals surface area contributed by atoms with E-state index in [0.717, 1.165) is 22.7 Å². The van der Waals surface area contributed by atoms with E-state index >= 15 is 0 Å². The molecule has 33 heavy (non-hydrogen) atoms. The molecule has 0 saturated carbocycles. The Morgan fingerprint density at radius 2 is 2.09 bits per heavy atom. The summed E-state index contributed by atoms with van der Waals surface area (Å²) in [6, 6.07) is 11.3. The van der Waals surface area contributed by atoms with Crippen molar-refractivity contribution in [3.8, 4) is 17.1 Å². The Morgan fingerprint density at radius 3 is 2.88 bits per heavy atom. The first kappa shape index (κ1) is 23.4. The summed E-state index contributed by atoms with van der Waals surface area (Å²) in [6.45, 7) is 1.16. The average Bonchev–Trinajstić information content (AvgIpc) is 3.48. The highest BCUT2D eigenvalue weighted by molar-refractivity contribution is 7.98. The highest BCUT2D eigenvalue weighted by Crippen LogP contribution is 2.31. The Morgan fingerprint density at radius 1 is 1.24 bits per heavy atom. The fourth-order valence-corrected chi connectivity index (χ4v) is 4.94. The van der Waals surface area contributed by atoms with Crippen LogP contribution < -0.4 is 5.32 Å². The van der Waals surface area contributed by atoms with Gasteiger partial charge in [-0.15, -0.1) is 21.5 Å². The number of carbonyl (C=O) groups excluding carboxylic acids is 1. The quantitative estimate of drug-likeness (QED) is 0.253. The summed E-state index contributed by atoms with van der Waals surface area (Å²) in [7, 11) is 1.64. The topological polar surface area (TPSA) is 94.8 Å². The van der Waals surface area contributed by atoms with Gasteiger partial charge in [-0.3, -0.25) is 14.3 Å². The van der Waals surface area contributed by atoms with Gasteiger partial charge >= 0.3 is 0 Å². The molecule has 0 aliphatic heterocycles. The maximum absolute atomic E-state index is 12.3. The Hall–Kier alpha value is -2.79. The molecule has 4 rings (SSSR count). The van der Waals surface area contributed by atoms with Crippen LogP contribution in [0.1, 0.15) is 21.9 Å². The number of carbonyl (C=O) groups is 1. The fourth-order valence-electron chi connectivity index (χ4n) is 3.02. The van der Waals surface area contributed by atoms with Crippen LogP contribution in [-0.4, -0.2) is 50.9 Å². The standard InChI is InChI=1S/C22H21ClN6O2S2/c1-31-11-3-8-25-21(30)18-13-32-19(26-18)14-33-22-28-27-20(15-6-9-24-10-7-15)29(22)17-5-2-4-16(23)12-17/h2,4-7,9-10,12-13H,3,8,11,14H2,1H3,(H,25,30). The number of methoxy groups -OCH3 is 1. The Labute approximate surface area is 204 Å². The summed E-state index contributed by atoms with van der Waals surface area (Å²) in [5.74, 6) is 1.06. The predicted octanol–water partition coefficient (Wildman–Crippen LogP) is 4.50. The monoisotopic (exact) mass is 500 g/mol. The molecule has 0 unspecified atom stereocenters. The summed E-state index contributed by atoms with van der Waals surface area (Å²) >= 11 is 9.19. The maximum atomic E-state index is 12.3. The molecule has 0 saturated heterocycles. The predicted molar refractivity (Wildman–Crippen MR) is 130 cm³/mol. The molecule has 0 atom stereocenters. The van der Waals surface area contributed by atoms with E-state index in [0.29, 0.717) is 40.6 Å². The van der Waals surface area contributed by atoms with E-state index in [1.165, 1.54) is 23.1 Å². The second-order valence-electron chi connectivity index (χ2n) is 6.87. The summed E-state index contributed by atoms with van der Waals surface area (Å²) < 4.78 is 6.96. The van der Waals surface area contributed by atoms with Crippen LogP contribution in [0.2, 0.25) is 5.02 Å². The van der Waals surface area contributed by atoms with Crippen molar-refractivity contribution in [2.24, 2.45) is 0 Å². The molecular weight excluding hydrogens is 480 g/mol. The van der Waals surface area contributed by atoms with Gasteiger partial charge in [0.05, 0.1) is 11.4 Å². The zero-order valence-electron chi connectivity index (χ0n) is 17.8. The molecule has 0 bridgehead atoms. The third kappa shape index (κ3) is 5.97. The number of amides is 1. The molecule has 0 aliphatic rings. The van der Waals surface area contributed by atoms with E-state index in [4.69, 9.17) is 16.3 Å². The molecule has 1 aromatic carbocycles. The molecule has 3 heterocycles. The number of thioether (sulfide) groups is 1. The van der Waals surface area contributed by atoms with Crippen molar-refractivity contribution in [1.82, 2.24) is 30.0 Å². The average molecular weight is 501 g/mol. The number of ether oxygens (including phenoxy) is 1. The van der Waals surface area contributed by atoms with Crippen molar-refractivity contribution >= 4 is 40.6 Å². The molecule has 11 heteroatoms. The van der Waals surface area contributed by atoms with Crippen LogP contribution in [-0.2, 0) is 10.5 Å². The van der Waals surface area contributed by atoms with Gasteiger partial charge in [0.15, 0.2) is 11.0 Å². The fraction of sp³-hybridized carbons (Fsp3) is 0.227. The first-order valence-electron chi connectivity index (χ1n) is 10.1. The highest BCUT2D eigenvalue weighted by Gasteiger charge is 2.18. The first-order chi connectivity index (χ1) is 16.2. The molecule has 1 amide bonds. The van der Waals surface area contributed by atoms with E-state index in [9.17, 15) is 4.79 Å². The first-order valence-corrected chi connectivity index (χ1v) is 12.4. The molecule has 8 nitrogen and oxygen atoms in total. The minimum absolute atomic E-state index is 0.180. The summed E-state index contributed by atoms with van der Waals surface area (Å²) in [6.07, 6.45) is 4.20. The van der Waals surface area contributed by atoms with E-state index in [1.54, 1.807) is 24.9 Å². The lowest BCUT2D eigenvalue weighted by atomic mass is 10.2. The largest absolute Gasteiger partial charge is 0.385 e.